The topological polar surface area (TPSA) is 15.6 Å². The predicted octanol–water partition coefficient (Wildman–Crippen LogP) is 3.63. The molecular formula is C17H16N2. The van der Waals surface area contributed by atoms with Gasteiger partial charge in [0.15, 0.2) is 0 Å². The van der Waals surface area contributed by atoms with E-state index >= 15 is 0 Å². The zero-order valence-electron chi connectivity index (χ0n) is 10.7. The molecule has 1 aliphatic rings. The zero-order valence-corrected chi connectivity index (χ0v) is 10.7. The molecule has 0 N–H and O–H groups in total. The number of nitrogens with zero attached hydrogens (tertiary/aromatic N) is 2. The van der Waals surface area contributed by atoms with Crippen molar-refractivity contribution >= 4 is 6.21 Å². The summed E-state index contributed by atoms with van der Waals surface area (Å²) in [4.78, 5) is 6.45. The van der Waals surface area contributed by atoms with E-state index < -0.39 is 0 Å². The number of benzene rings is 2. The molecule has 1 heterocycles. The molecule has 2 heteroatoms. The van der Waals surface area contributed by atoms with Crippen molar-refractivity contribution in [1.82, 2.24) is 4.90 Å². The second-order valence-electron chi connectivity index (χ2n) is 4.55. The highest BCUT2D eigenvalue weighted by molar-refractivity contribution is 5.62. The maximum absolute atomic E-state index is 4.15. The van der Waals surface area contributed by atoms with Gasteiger partial charge in [-0.05, 0) is 11.1 Å². The Hall–Kier alpha value is -2.35. The Bertz CT molecular complexity index is 533. The van der Waals surface area contributed by atoms with E-state index in [1.807, 2.05) is 12.4 Å². The van der Waals surface area contributed by atoms with Crippen LogP contribution < -0.4 is 0 Å². The summed E-state index contributed by atoms with van der Waals surface area (Å²) in [6, 6.07) is 21.4. The Labute approximate surface area is 113 Å². The Morgan fingerprint density at radius 1 is 0.842 bits per heavy atom. The Morgan fingerprint density at radius 3 is 1.89 bits per heavy atom. The molecule has 94 valence electrons. The smallest absolute Gasteiger partial charge is 0.0795 e. The fourth-order valence-electron chi connectivity index (χ4n) is 2.42. The summed E-state index contributed by atoms with van der Waals surface area (Å²) in [5, 5.41) is 0. The maximum atomic E-state index is 4.15. The van der Waals surface area contributed by atoms with E-state index in [9.17, 15) is 0 Å². The highest BCUT2D eigenvalue weighted by atomic mass is 15.2. The van der Waals surface area contributed by atoms with Gasteiger partial charge in [0.25, 0.3) is 0 Å². The molecule has 19 heavy (non-hydrogen) atoms. The molecule has 0 bridgehead atoms. The van der Waals surface area contributed by atoms with Gasteiger partial charge in [-0.15, -0.1) is 0 Å². The minimum absolute atomic E-state index is 0.241. The number of aliphatic imine (C=N–C) groups is 1. The Morgan fingerprint density at radius 2 is 1.42 bits per heavy atom. The summed E-state index contributed by atoms with van der Waals surface area (Å²) in [6.07, 6.45) is 5.85. The van der Waals surface area contributed by atoms with Crippen LogP contribution in [0.1, 0.15) is 17.2 Å². The predicted molar refractivity (Wildman–Crippen MR) is 79.1 cm³/mol. The summed E-state index contributed by atoms with van der Waals surface area (Å²) in [5.74, 6) is 0. The van der Waals surface area contributed by atoms with Gasteiger partial charge in [0.2, 0.25) is 0 Å². The van der Waals surface area contributed by atoms with Crippen molar-refractivity contribution in [3.63, 3.8) is 0 Å². The fourth-order valence-corrected chi connectivity index (χ4v) is 2.42. The quantitative estimate of drug-likeness (QED) is 0.809. The molecular weight excluding hydrogens is 232 g/mol. The zero-order chi connectivity index (χ0) is 12.9. The molecule has 0 unspecified atom stereocenters. The summed E-state index contributed by atoms with van der Waals surface area (Å²) in [6.45, 7) is 0.838. The molecule has 0 spiro atoms. The molecule has 0 amide bonds. The lowest BCUT2D eigenvalue weighted by Gasteiger charge is -2.31. The molecule has 0 saturated heterocycles. The van der Waals surface area contributed by atoms with Crippen LogP contribution in [0.15, 0.2) is 78.1 Å². The van der Waals surface area contributed by atoms with Crippen LogP contribution in [-0.2, 0) is 0 Å². The van der Waals surface area contributed by atoms with Gasteiger partial charge in [-0.25, -0.2) is 0 Å². The number of hydrogen-bond acceptors (Lipinski definition) is 2. The van der Waals surface area contributed by atoms with Gasteiger partial charge in [0.1, 0.15) is 0 Å². The normalized spacial score (nSPS) is 14.1. The molecule has 1 aliphatic heterocycles. The maximum Gasteiger partial charge on any atom is 0.0795 e. The third kappa shape index (κ3) is 2.58. The van der Waals surface area contributed by atoms with Crippen molar-refractivity contribution in [1.29, 1.82) is 0 Å². The first-order chi connectivity index (χ1) is 9.45. The minimum Gasteiger partial charge on any atom is -0.360 e. The largest absolute Gasteiger partial charge is 0.360 e. The average molecular weight is 248 g/mol. The molecule has 0 saturated carbocycles. The van der Waals surface area contributed by atoms with E-state index in [1.165, 1.54) is 11.1 Å². The van der Waals surface area contributed by atoms with Crippen molar-refractivity contribution in [2.75, 3.05) is 6.54 Å². The third-order valence-corrected chi connectivity index (χ3v) is 3.30. The highest BCUT2D eigenvalue weighted by Crippen LogP contribution is 2.28. The first kappa shape index (κ1) is 11.7. The molecule has 2 nitrogen and oxygen atoms in total. The third-order valence-electron chi connectivity index (χ3n) is 3.30. The average Bonchev–Trinajstić information content (AvgIpc) is 2.51. The first-order valence-corrected chi connectivity index (χ1v) is 6.49. The lowest BCUT2D eigenvalue weighted by molar-refractivity contribution is 0.357. The van der Waals surface area contributed by atoms with Crippen molar-refractivity contribution in [3.8, 4) is 0 Å². The summed E-state index contributed by atoms with van der Waals surface area (Å²) < 4.78 is 0. The second-order valence-corrected chi connectivity index (χ2v) is 4.55. The van der Waals surface area contributed by atoms with Crippen LogP contribution >= 0.6 is 0 Å². The lowest BCUT2D eigenvalue weighted by Crippen LogP contribution is -2.27. The second kappa shape index (κ2) is 5.53. The molecule has 3 rings (SSSR count). The summed E-state index contributed by atoms with van der Waals surface area (Å²) in [5.41, 5.74) is 2.60. The van der Waals surface area contributed by atoms with Gasteiger partial charge in [-0.2, -0.15) is 0 Å². The monoisotopic (exact) mass is 248 g/mol. The van der Waals surface area contributed by atoms with Gasteiger partial charge in [-0.1, -0.05) is 60.7 Å². The van der Waals surface area contributed by atoms with Crippen molar-refractivity contribution in [2.24, 2.45) is 4.99 Å². The number of hydrogen-bond donors (Lipinski definition) is 0. The SMILES string of the molecule is C1=CN(C(c2ccccc2)c2ccccc2)CC=N1. The molecule has 0 fully saturated rings. The first-order valence-electron chi connectivity index (χ1n) is 6.49. The van der Waals surface area contributed by atoms with Crippen LogP contribution in [0.25, 0.3) is 0 Å². The molecule has 0 radical (unpaired) electrons. The van der Waals surface area contributed by atoms with Gasteiger partial charge in [0, 0.05) is 18.6 Å². The molecule has 0 aromatic heterocycles. The van der Waals surface area contributed by atoms with Gasteiger partial charge in [-0.3, -0.25) is 4.99 Å². The molecule has 0 atom stereocenters. The highest BCUT2D eigenvalue weighted by Gasteiger charge is 2.19. The molecule has 0 aliphatic carbocycles. The van der Waals surface area contributed by atoms with E-state index in [0.717, 1.165) is 6.54 Å². The van der Waals surface area contributed by atoms with Crippen molar-refractivity contribution in [3.05, 3.63) is 84.2 Å². The van der Waals surface area contributed by atoms with Crippen LogP contribution in [0, 0.1) is 0 Å². The standard InChI is InChI=1S/C17H16N2/c1-3-7-15(8-4-1)17(16-9-5-2-6-10-16)19-13-11-18-12-14-19/h1-13,17H,14H2. The van der Waals surface area contributed by atoms with Crippen LogP contribution in [-0.4, -0.2) is 17.7 Å². The minimum atomic E-state index is 0.241. The van der Waals surface area contributed by atoms with Gasteiger partial charge >= 0.3 is 0 Å². The fraction of sp³-hybridized carbons (Fsp3) is 0.118. The van der Waals surface area contributed by atoms with Crippen LogP contribution in [0.4, 0.5) is 0 Å². The lowest BCUT2D eigenvalue weighted by atomic mass is 9.97. The van der Waals surface area contributed by atoms with Crippen LogP contribution in [0.5, 0.6) is 0 Å². The van der Waals surface area contributed by atoms with Gasteiger partial charge in [0.05, 0.1) is 12.6 Å². The Balaban J connectivity index is 2.01. The van der Waals surface area contributed by atoms with Crippen LogP contribution in [0.2, 0.25) is 0 Å². The van der Waals surface area contributed by atoms with Gasteiger partial charge < -0.3 is 4.90 Å². The van der Waals surface area contributed by atoms with E-state index in [1.54, 1.807) is 0 Å². The Kier molecular flexibility index (Phi) is 3.41. The van der Waals surface area contributed by atoms with E-state index in [4.69, 9.17) is 0 Å². The van der Waals surface area contributed by atoms with Crippen molar-refractivity contribution in [2.45, 2.75) is 6.04 Å². The van der Waals surface area contributed by atoms with E-state index in [2.05, 4.69) is 76.8 Å². The summed E-state index contributed by atoms with van der Waals surface area (Å²) >= 11 is 0. The number of rotatable bonds is 3. The summed E-state index contributed by atoms with van der Waals surface area (Å²) in [7, 11) is 0. The molecule has 2 aromatic rings. The van der Waals surface area contributed by atoms with Crippen molar-refractivity contribution < 1.29 is 0 Å². The van der Waals surface area contributed by atoms with E-state index in [-0.39, 0.29) is 6.04 Å². The van der Waals surface area contributed by atoms with Crippen LogP contribution in [0.3, 0.4) is 0 Å². The van der Waals surface area contributed by atoms with E-state index in [0.29, 0.717) is 0 Å². The molecule has 2 aromatic carbocycles.